The topological polar surface area (TPSA) is 21.3 Å². The average molecular weight is 284 g/mol. The van der Waals surface area contributed by atoms with Gasteiger partial charge >= 0.3 is 0 Å². The molecule has 1 aromatic rings. The first-order valence-electron chi connectivity index (χ1n) is 7.27. The van der Waals surface area contributed by atoms with Crippen molar-refractivity contribution in [2.24, 2.45) is 0 Å². The van der Waals surface area contributed by atoms with E-state index in [0.29, 0.717) is 0 Å². The summed E-state index contributed by atoms with van der Waals surface area (Å²) < 4.78 is 5.34. The van der Waals surface area contributed by atoms with Crippen LogP contribution in [0.4, 0.5) is 5.69 Å². The van der Waals surface area contributed by atoms with E-state index in [9.17, 15) is 0 Å². The number of halogens is 1. The van der Waals surface area contributed by atoms with Gasteiger partial charge in [-0.15, -0.1) is 0 Å². The molecule has 0 bridgehead atoms. The van der Waals surface area contributed by atoms with Crippen LogP contribution in [0, 0.1) is 6.92 Å². The lowest BCUT2D eigenvalue weighted by Gasteiger charge is -2.13. The van der Waals surface area contributed by atoms with Crippen molar-refractivity contribution in [1.82, 2.24) is 0 Å². The fourth-order valence-corrected chi connectivity index (χ4v) is 2.25. The first-order chi connectivity index (χ1) is 9.19. The molecule has 0 atom stereocenters. The van der Waals surface area contributed by atoms with Gasteiger partial charge in [0.05, 0.1) is 12.8 Å². The fourth-order valence-electron chi connectivity index (χ4n) is 2.10. The zero-order valence-electron chi connectivity index (χ0n) is 12.4. The lowest BCUT2D eigenvalue weighted by molar-refractivity contribution is 0.416. The summed E-state index contributed by atoms with van der Waals surface area (Å²) in [4.78, 5) is 0. The number of unbranched alkanes of at least 4 members (excludes halogenated alkanes) is 5. The third-order valence-corrected chi connectivity index (χ3v) is 3.73. The Kier molecular flexibility index (Phi) is 7.73. The number of hydrogen-bond acceptors (Lipinski definition) is 2. The number of hydrogen-bond donors (Lipinski definition) is 1. The van der Waals surface area contributed by atoms with E-state index in [4.69, 9.17) is 16.3 Å². The van der Waals surface area contributed by atoms with Gasteiger partial charge in [0.15, 0.2) is 0 Å². The summed E-state index contributed by atoms with van der Waals surface area (Å²) in [5, 5.41) is 4.19. The van der Waals surface area contributed by atoms with Crippen LogP contribution < -0.4 is 10.1 Å². The minimum absolute atomic E-state index is 0.752. The molecule has 3 heteroatoms. The molecule has 0 unspecified atom stereocenters. The molecular weight excluding hydrogens is 258 g/mol. The fraction of sp³-hybridized carbons (Fsp3) is 0.625. The summed E-state index contributed by atoms with van der Waals surface area (Å²) in [5.74, 6) is 0.821. The van der Waals surface area contributed by atoms with Crippen molar-refractivity contribution >= 4 is 17.3 Å². The van der Waals surface area contributed by atoms with E-state index in [0.717, 1.165) is 28.6 Å². The summed E-state index contributed by atoms with van der Waals surface area (Å²) in [6.45, 7) is 5.25. The van der Waals surface area contributed by atoms with Crippen molar-refractivity contribution < 1.29 is 4.74 Å². The number of anilines is 1. The molecule has 0 saturated carbocycles. The van der Waals surface area contributed by atoms with Crippen LogP contribution >= 0.6 is 11.6 Å². The average Bonchev–Trinajstić information content (AvgIpc) is 2.41. The molecule has 0 radical (unpaired) electrons. The first-order valence-corrected chi connectivity index (χ1v) is 7.64. The monoisotopic (exact) mass is 283 g/mol. The molecule has 0 fully saturated rings. The van der Waals surface area contributed by atoms with E-state index < -0.39 is 0 Å². The molecule has 0 saturated heterocycles. The highest BCUT2D eigenvalue weighted by molar-refractivity contribution is 6.31. The van der Waals surface area contributed by atoms with Crippen molar-refractivity contribution in [1.29, 1.82) is 0 Å². The maximum atomic E-state index is 6.09. The number of ether oxygens (including phenoxy) is 1. The Bertz CT molecular complexity index is 379. The zero-order valence-corrected chi connectivity index (χ0v) is 13.1. The minimum Gasteiger partial charge on any atom is -0.495 e. The minimum atomic E-state index is 0.752. The van der Waals surface area contributed by atoms with E-state index in [1.54, 1.807) is 7.11 Å². The van der Waals surface area contributed by atoms with Gasteiger partial charge in [0.25, 0.3) is 0 Å². The normalized spacial score (nSPS) is 10.5. The molecule has 1 rings (SSSR count). The van der Waals surface area contributed by atoms with Crippen LogP contribution in [0.15, 0.2) is 12.1 Å². The van der Waals surface area contributed by atoms with E-state index in [-0.39, 0.29) is 0 Å². The standard InChI is InChI=1S/C16H26ClNO/c1-4-5-6-7-8-9-10-18-15-11-13(2)14(17)12-16(15)19-3/h11-12,18H,4-10H2,1-3H3. The summed E-state index contributed by atoms with van der Waals surface area (Å²) in [6.07, 6.45) is 7.86. The second-order valence-electron chi connectivity index (χ2n) is 5.00. The highest BCUT2D eigenvalue weighted by Crippen LogP contribution is 2.30. The Morgan fingerprint density at radius 3 is 2.47 bits per heavy atom. The highest BCUT2D eigenvalue weighted by atomic mass is 35.5. The number of benzene rings is 1. The summed E-state index contributed by atoms with van der Waals surface area (Å²) in [6, 6.07) is 3.93. The molecule has 19 heavy (non-hydrogen) atoms. The van der Waals surface area contributed by atoms with Gasteiger partial charge in [0.2, 0.25) is 0 Å². The molecule has 0 aliphatic rings. The predicted molar refractivity (Wildman–Crippen MR) is 84.6 cm³/mol. The molecule has 1 N–H and O–H groups in total. The molecule has 0 amide bonds. The summed E-state index contributed by atoms with van der Waals surface area (Å²) in [5.41, 5.74) is 2.12. The van der Waals surface area contributed by atoms with Gasteiger partial charge in [-0.3, -0.25) is 0 Å². The van der Waals surface area contributed by atoms with Gasteiger partial charge in [0.1, 0.15) is 5.75 Å². The van der Waals surface area contributed by atoms with Crippen molar-refractivity contribution in [3.63, 3.8) is 0 Å². The van der Waals surface area contributed by atoms with Gasteiger partial charge in [-0.25, -0.2) is 0 Å². The molecule has 0 aliphatic heterocycles. The summed E-state index contributed by atoms with van der Waals surface area (Å²) >= 11 is 6.09. The molecule has 108 valence electrons. The van der Waals surface area contributed by atoms with E-state index in [2.05, 4.69) is 18.3 Å². The zero-order chi connectivity index (χ0) is 14.1. The van der Waals surface area contributed by atoms with Crippen molar-refractivity contribution in [2.75, 3.05) is 19.0 Å². The van der Waals surface area contributed by atoms with Gasteiger partial charge < -0.3 is 10.1 Å². The highest BCUT2D eigenvalue weighted by Gasteiger charge is 2.06. The number of rotatable bonds is 9. The van der Waals surface area contributed by atoms with Gasteiger partial charge in [-0.05, 0) is 25.0 Å². The molecule has 1 aromatic carbocycles. The molecule has 2 nitrogen and oxygen atoms in total. The third-order valence-electron chi connectivity index (χ3n) is 3.33. The molecular formula is C16H26ClNO. The lowest BCUT2D eigenvalue weighted by Crippen LogP contribution is -2.03. The molecule has 0 spiro atoms. The van der Waals surface area contributed by atoms with Crippen molar-refractivity contribution in [2.45, 2.75) is 52.4 Å². The Morgan fingerprint density at radius 1 is 1.11 bits per heavy atom. The van der Waals surface area contributed by atoms with Crippen LogP contribution in [0.25, 0.3) is 0 Å². The van der Waals surface area contributed by atoms with Crippen LogP contribution in [0.3, 0.4) is 0 Å². The molecule has 0 heterocycles. The van der Waals surface area contributed by atoms with Crippen molar-refractivity contribution in [3.05, 3.63) is 22.7 Å². The summed E-state index contributed by atoms with van der Waals surface area (Å²) in [7, 11) is 1.68. The van der Waals surface area contributed by atoms with Crippen LogP contribution in [-0.4, -0.2) is 13.7 Å². The Labute approximate surface area is 122 Å². The van der Waals surface area contributed by atoms with Gasteiger partial charge in [-0.1, -0.05) is 50.6 Å². The lowest BCUT2D eigenvalue weighted by atomic mass is 10.1. The Morgan fingerprint density at radius 2 is 1.79 bits per heavy atom. The Balaban J connectivity index is 2.34. The van der Waals surface area contributed by atoms with E-state index in [1.807, 2.05) is 13.0 Å². The maximum absolute atomic E-state index is 6.09. The largest absolute Gasteiger partial charge is 0.495 e. The SMILES string of the molecule is CCCCCCCCNc1cc(C)c(Cl)cc1OC. The predicted octanol–water partition coefficient (Wildman–Crippen LogP) is 5.43. The van der Waals surface area contributed by atoms with Crippen LogP contribution in [0.1, 0.15) is 51.0 Å². The van der Waals surface area contributed by atoms with E-state index >= 15 is 0 Å². The number of aryl methyl sites for hydroxylation is 1. The maximum Gasteiger partial charge on any atom is 0.143 e. The molecule has 0 aromatic heterocycles. The second-order valence-corrected chi connectivity index (χ2v) is 5.40. The number of methoxy groups -OCH3 is 1. The Hall–Kier alpha value is -0.890. The van der Waals surface area contributed by atoms with Crippen molar-refractivity contribution in [3.8, 4) is 5.75 Å². The van der Waals surface area contributed by atoms with Crippen LogP contribution in [0.5, 0.6) is 5.75 Å². The smallest absolute Gasteiger partial charge is 0.143 e. The quantitative estimate of drug-likeness (QED) is 0.610. The first kappa shape index (κ1) is 16.2. The van der Waals surface area contributed by atoms with Crippen LogP contribution in [0.2, 0.25) is 5.02 Å². The van der Waals surface area contributed by atoms with Gasteiger partial charge in [0, 0.05) is 17.6 Å². The van der Waals surface area contributed by atoms with E-state index in [1.165, 1.54) is 38.5 Å². The van der Waals surface area contributed by atoms with Crippen LogP contribution in [-0.2, 0) is 0 Å². The number of nitrogens with one attached hydrogen (secondary N) is 1. The second kappa shape index (κ2) is 9.08. The third kappa shape index (κ3) is 5.73. The van der Waals surface area contributed by atoms with Gasteiger partial charge in [-0.2, -0.15) is 0 Å². The molecule has 0 aliphatic carbocycles.